The lowest BCUT2D eigenvalue weighted by Crippen LogP contribution is -2.04. The molecular formula is C15H12F3N3O2. The minimum Gasteiger partial charge on any atom is -0.435 e. The van der Waals surface area contributed by atoms with Crippen molar-refractivity contribution in [1.82, 2.24) is 15.1 Å². The van der Waals surface area contributed by atoms with Gasteiger partial charge in [0.15, 0.2) is 5.89 Å². The standard InChI is InChI=1S/C15H12F3N3O2/c1-3-11-19-8(2)12(22-11)14-20-13(21-23-14)9-4-6-10(7-5-9)15(16,17)18/h4-7H,3H2,1-2H3. The second-order valence-electron chi connectivity index (χ2n) is 4.87. The Labute approximate surface area is 129 Å². The number of alkyl halides is 3. The Balaban J connectivity index is 1.91. The van der Waals surface area contributed by atoms with Crippen LogP contribution in [0.25, 0.3) is 23.0 Å². The highest BCUT2D eigenvalue weighted by atomic mass is 19.4. The van der Waals surface area contributed by atoms with Crippen molar-refractivity contribution in [3.8, 4) is 23.0 Å². The monoisotopic (exact) mass is 323 g/mol. The predicted molar refractivity (Wildman–Crippen MR) is 74.3 cm³/mol. The quantitative estimate of drug-likeness (QED) is 0.720. The van der Waals surface area contributed by atoms with E-state index in [2.05, 4.69) is 15.1 Å². The molecule has 2 aromatic heterocycles. The molecule has 0 amide bonds. The van der Waals surface area contributed by atoms with Crippen molar-refractivity contribution in [1.29, 1.82) is 0 Å². The molecule has 0 aliphatic heterocycles. The van der Waals surface area contributed by atoms with Gasteiger partial charge in [-0.05, 0) is 19.1 Å². The number of benzene rings is 1. The van der Waals surface area contributed by atoms with Gasteiger partial charge in [-0.3, -0.25) is 0 Å². The molecule has 0 aliphatic carbocycles. The summed E-state index contributed by atoms with van der Waals surface area (Å²) in [7, 11) is 0. The van der Waals surface area contributed by atoms with Gasteiger partial charge in [-0.1, -0.05) is 24.2 Å². The maximum atomic E-state index is 12.6. The molecule has 0 bridgehead atoms. The van der Waals surface area contributed by atoms with E-state index in [1.54, 1.807) is 6.92 Å². The molecule has 23 heavy (non-hydrogen) atoms. The molecule has 120 valence electrons. The van der Waals surface area contributed by atoms with E-state index >= 15 is 0 Å². The molecule has 2 heterocycles. The summed E-state index contributed by atoms with van der Waals surface area (Å²) in [6, 6.07) is 4.53. The molecule has 0 atom stereocenters. The lowest BCUT2D eigenvalue weighted by Gasteiger charge is -2.05. The fourth-order valence-corrected chi connectivity index (χ4v) is 2.04. The molecule has 0 saturated heterocycles. The third-order valence-electron chi connectivity index (χ3n) is 3.23. The first-order valence-electron chi connectivity index (χ1n) is 6.86. The number of rotatable bonds is 3. The maximum absolute atomic E-state index is 12.6. The maximum Gasteiger partial charge on any atom is 0.416 e. The predicted octanol–water partition coefficient (Wildman–Crippen LogP) is 4.28. The van der Waals surface area contributed by atoms with E-state index in [0.717, 1.165) is 12.1 Å². The summed E-state index contributed by atoms with van der Waals surface area (Å²) in [5.41, 5.74) is 0.300. The summed E-state index contributed by atoms with van der Waals surface area (Å²) in [6.45, 7) is 3.65. The smallest absolute Gasteiger partial charge is 0.416 e. The number of hydrogen-bond donors (Lipinski definition) is 0. The SMILES string of the molecule is CCc1nc(C)c(-c2nc(-c3ccc(C(F)(F)F)cc3)no2)o1. The summed E-state index contributed by atoms with van der Waals surface area (Å²) < 4.78 is 48.3. The van der Waals surface area contributed by atoms with Gasteiger partial charge in [-0.25, -0.2) is 4.98 Å². The molecule has 0 fully saturated rings. The fraction of sp³-hybridized carbons (Fsp3) is 0.267. The van der Waals surface area contributed by atoms with Crippen LogP contribution in [0.4, 0.5) is 13.2 Å². The van der Waals surface area contributed by atoms with Crippen LogP contribution in [0.1, 0.15) is 24.1 Å². The third kappa shape index (κ3) is 2.96. The summed E-state index contributed by atoms with van der Waals surface area (Å²) in [4.78, 5) is 8.36. The van der Waals surface area contributed by atoms with Gasteiger partial charge in [0.05, 0.1) is 11.3 Å². The van der Waals surface area contributed by atoms with Crippen molar-refractivity contribution in [2.75, 3.05) is 0 Å². The number of aryl methyl sites for hydroxylation is 2. The molecule has 0 unspecified atom stereocenters. The van der Waals surface area contributed by atoms with E-state index in [4.69, 9.17) is 8.94 Å². The van der Waals surface area contributed by atoms with E-state index in [1.807, 2.05) is 6.92 Å². The first kappa shape index (κ1) is 15.3. The van der Waals surface area contributed by atoms with Crippen molar-refractivity contribution in [2.45, 2.75) is 26.4 Å². The average Bonchev–Trinajstić information content (AvgIpc) is 3.12. The molecule has 3 rings (SSSR count). The van der Waals surface area contributed by atoms with Gasteiger partial charge in [-0.15, -0.1) is 0 Å². The molecule has 0 radical (unpaired) electrons. The van der Waals surface area contributed by atoms with Crippen LogP contribution in [0.3, 0.4) is 0 Å². The van der Waals surface area contributed by atoms with Crippen molar-refractivity contribution in [3.05, 3.63) is 41.4 Å². The second kappa shape index (κ2) is 5.53. The largest absolute Gasteiger partial charge is 0.435 e. The van der Waals surface area contributed by atoms with Gasteiger partial charge in [-0.2, -0.15) is 18.2 Å². The van der Waals surface area contributed by atoms with Crippen molar-refractivity contribution < 1.29 is 22.1 Å². The van der Waals surface area contributed by atoms with Crippen LogP contribution >= 0.6 is 0 Å². The Morgan fingerprint density at radius 1 is 1.09 bits per heavy atom. The van der Waals surface area contributed by atoms with E-state index in [1.165, 1.54) is 12.1 Å². The second-order valence-corrected chi connectivity index (χ2v) is 4.87. The van der Waals surface area contributed by atoms with Gasteiger partial charge in [0.25, 0.3) is 5.89 Å². The molecule has 8 heteroatoms. The van der Waals surface area contributed by atoms with Crippen LogP contribution in [0.2, 0.25) is 0 Å². The Morgan fingerprint density at radius 2 is 1.78 bits per heavy atom. The normalized spacial score (nSPS) is 11.9. The summed E-state index contributed by atoms with van der Waals surface area (Å²) in [5, 5.41) is 3.78. The van der Waals surface area contributed by atoms with Crippen LogP contribution in [0.5, 0.6) is 0 Å². The number of nitrogens with zero attached hydrogens (tertiary/aromatic N) is 3. The van der Waals surface area contributed by atoms with Crippen LogP contribution in [0.15, 0.2) is 33.2 Å². The lowest BCUT2D eigenvalue weighted by molar-refractivity contribution is -0.137. The fourth-order valence-electron chi connectivity index (χ4n) is 2.04. The number of oxazole rings is 1. The Hall–Kier alpha value is -2.64. The molecule has 0 N–H and O–H groups in total. The van der Waals surface area contributed by atoms with E-state index in [9.17, 15) is 13.2 Å². The van der Waals surface area contributed by atoms with E-state index < -0.39 is 11.7 Å². The zero-order valence-corrected chi connectivity index (χ0v) is 12.3. The van der Waals surface area contributed by atoms with Crippen molar-refractivity contribution in [3.63, 3.8) is 0 Å². The Kier molecular flexibility index (Phi) is 3.67. The topological polar surface area (TPSA) is 65.0 Å². The van der Waals surface area contributed by atoms with Crippen LogP contribution in [0, 0.1) is 6.92 Å². The van der Waals surface area contributed by atoms with Crippen molar-refractivity contribution >= 4 is 0 Å². The van der Waals surface area contributed by atoms with Crippen molar-refractivity contribution in [2.24, 2.45) is 0 Å². The van der Waals surface area contributed by atoms with Crippen LogP contribution in [-0.2, 0) is 12.6 Å². The van der Waals surface area contributed by atoms with Crippen LogP contribution in [-0.4, -0.2) is 15.1 Å². The molecular weight excluding hydrogens is 311 g/mol. The minimum atomic E-state index is -4.38. The molecule has 3 aromatic rings. The highest BCUT2D eigenvalue weighted by Gasteiger charge is 2.30. The molecule has 0 spiro atoms. The first-order chi connectivity index (χ1) is 10.9. The number of halogens is 3. The van der Waals surface area contributed by atoms with Gasteiger partial charge in [0.1, 0.15) is 0 Å². The lowest BCUT2D eigenvalue weighted by atomic mass is 10.1. The number of aromatic nitrogens is 3. The third-order valence-corrected chi connectivity index (χ3v) is 3.23. The molecule has 0 aliphatic rings. The van der Waals surface area contributed by atoms with Gasteiger partial charge < -0.3 is 8.94 Å². The summed E-state index contributed by atoms with van der Waals surface area (Å²) in [6.07, 6.45) is -3.75. The highest BCUT2D eigenvalue weighted by Crippen LogP contribution is 2.31. The van der Waals surface area contributed by atoms with Gasteiger partial charge in [0, 0.05) is 12.0 Å². The number of hydrogen-bond acceptors (Lipinski definition) is 5. The zero-order valence-electron chi connectivity index (χ0n) is 12.3. The average molecular weight is 323 g/mol. The highest BCUT2D eigenvalue weighted by molar-refractivity contribution is 5.58. The van der Waals surface area contributed by atoms with Gasteiger partial charge in [0.2, 0.25) is 11.6 Å². The minimum absolute atomic E-state index is 0.143. The zero-order chi connectivity index (χ0) is 16.6. The van der Waals surface area contributed by atoms with Gasteiger partial charge >= 0.3 is 6.18 Å². The first-order valence-corrected chi connectivity index (χ1v) is 6.86. The summed E-state index contributed by atoms with van der Waals surface area (Å²) in [5.74, 6) is 1.24. The summed E-state index contributed by atoms with van der Waals surface area (Å²) >= 11 is 0. The van der Waals surface area contributed by atoms with E-state index in [0.29, 0.717) is 29.3 Å². The van der Waals surface area contributed by atoms with E-state index in [-0.39, 0.29) is 11.7 Å². The van der Waals surface area contributed by atoms with Crippen LogP contribution < -0.4 is 0 Å². The molecule has 5 nitrogen and oxygen atoms in total. The Bertz CT molecular complexity index is 819. The Morgan fingerprint density at radius 3 is 2.35 bits per heavy atom. The molecule has 0 saturated carbocycles. The molecule has 1 aromatic carbocycles.